The number of aryl methyl sites for hydroxylation is 2. The number of nitrogens with two attached hydrogens (primary N) is 1. The Balaban J connectivity index is 2.27. The third kappa shape index (κ3) is 2.58. The van der Waals surface area contributed by atoms with Crippen LogP contribution in [0.3, 0.4) is 0 Å². The van der Waals surface area contributed by atoms with Gasteiger partial charge in [-0.3, -0.25) is 0 Å². The minimum atomic E-state index is 0.815. The van der Waals surface area contributed by atoms with Gasteiger partial charge < -0.3 is 5.73 Å². The Morgan fingerprint density at radius 1 is 1.00 bits per heavy atom. The Morgan fingerprint density at radius 2 is 1.81 bits per heavy atom. The summed E-state index contributed by atoms with van der Waals surface area (Å²) in [4.78, 5) is 2.48. The number of anilines is 1. The lowest BCUT2D eigenvalue weighted by molar-refractivity contribution is 1.26. The quantitative estimate of drug-likeness (QED) is 0.787. The van der Waals surface area contributed by atoms with Crippen LogP contribution in [0.1, 0.15) is 11.1 Å². The molecule has 0 aliphatic heterocycles. The van der Waals surface area contributed by atoms with Crippen molar-refractivity contribution in [3.8, 4) is 0 Å². The van der Waals surface area contributed by atoms with Gasteiger partial charge in [0.25, 0.3) is 0 Å². The van der Waals surface area contributed by atoms with E-state index in [2.05, 4.69) is 38.1 Å². The molecule has 0 unspecified atom stereocenters. The molecule has 0 saturated carbocycles. The first-order valence-electron chi connectivity index (χ1n) is 5.26. The Hall–Kier alpha value is -1.41. The summed E-state index contributed by atoms with van der Waals surface area (Å²) in [6, 6.07) is 14.5. The summed E-state index contributed by atoms with van der Waals surface area (Å²) >= 11 is 1.76. The van der Waals surface area contributed by atoms with Crippen LogP contribution in [-0.4, -0.2) is 0 Å². The summed E-state index contributed by atoms with van der Waals surface area (Å²) in [5.74, 6) is 0. The summed E-state index contributed by atoms with van der Waals surface area (Å²) in [5.41, 5.74) is 9.19. The summed E-state index contributed by atoms with van der Waals surface area (Å²) in [6.07, 6.45) is 0. The fraction of sp³-hybridized carbons (Fsp3) is 0.143. The molecule has 0 heterocycles. The molecule has 0 bridgehead atoms. The van der Waals surface area contributed by atoms with Gasteiger partial charge in [-0.05, 0) is 43.7 Å². The zero-order valence-corrected chi connectivity index (χ0v) is 10.3. The fourth-order valence-corrected chi connectivity index (χ4v) is 2.57. The minimum absolute atomic E-state index is 0.815. The van der Waals surface area contributed by atoms with Crippen LogP contribution in [0.2, 0.25) is 0 Å². The van der Waals surface area contributed by atoms with E-state index >= 15 is 0 Å². The molecule has 0 amide bonds. The molecule has 82 valence electrons. The largest absolute Gasteiger partial charge is 0.399 e. The van der Waals surface area contributed by atoms with Crippen molar-refractivity contribution in [1.82, 2.24) is 0 Å². The SMILES string of the molecule is Cc1ccc(Sc2cccc(N)c2)c(C)c1. The molecule has 0 aliphatic carbocycles. The minimum Gasteiger partial charge on any atom is -0.399 e. The molecule has 0 spiro atoms. The van der Waals surface area contributed by atoms with Gasteiger partial charge in [-0.1, -0.05) is 35.5 Å². The second kappa shape index (κ2) is 4.62. The maximum Gasteiger partial charge on any atom is 0.0325 e. The highest BCUT2D eigenvalue weighted by Gasteiger charge is 2.01. The molecule has 0 atom stereocenters. The van der Waals surface area contributed by atoms with Crippen molar-refractivity contribution >= 4 is 17.4 Å². The third-order valence-electron chi connectivity index (χ3n) is 2.42. The first-order chi connectivity index (χ1) is 7.65. The first kappa shape index (κ1) is 11.1. The van der Waals surface area contributed by atoms with Crippen LogP contribution in [-0.2, 0) is 0 Å². The van der Waals surface area contributed by atoms with Crippen LogP contribution in [0.4, 0.5) is 5.69 Å². The third-order valence-corrected chi connectivity index (χ3v) is 3.58. The van der Waals surface area contributed by atoms with Crippen LogP contribution in [0.5, 0.6) is 0 Å². The molecular weight excluding hydrogens is 214 g/mol. The van der Waals surface area contributed by atoms with Gasteiger partial charge in [0.1, 0.15) is 0 Å². The number of hydrogen-bond acceptors (Lipinski definition) is 2. The van der Waals surface area contributed by atoms with E-state index in [9.17, 15) is 0 Å². The first-order valence-corrected chi connectivity index (χ1v) is 6.07. The summed E-state index contributed by atoms with van der Waals surface area (Å²) in [5, 5.41) is 0. The average Bonchev–Trinajstić information content (AvgIpc) is 2.22. The van der Waals surface area contributed by atoms with Crippen molar-refractivity contribution < 1.29 is 0 Å². The molecule has 0 saturated heterocycles. The summed E-state index contributed by atoms with van der Waals surface area (Å²) in [7, 11) is 0. The smallest absolute Gasteiger partial charge is 0.0325 e. The zero-order chi connectivity index (χ0) is 11.5. The molecule has 2 aromatic carbocycles. The normalized spacial score (nSPS) is 10.4. The molecule has 2 heteroatoms. The Kier molecular flexibility index (Phi) is 3.20. The topological polar surface area (TPSA) is 26.0 Å². The van der Waals surface area contributed by atoms with E-state index in [1.807, 2.05) is 18.2 Å². The van der Waals surface area contributed by atoms with Crippen LogP contribution < -0.4 is 5.73 Å². The Labute approximate surface area is 101 Å². The number of hydrogen-bond donors (Lipinski definition) is 1. The summed E-state index contributed by atoms with van der Waals surface area (Å²) < 4.78 is 0. The molecule has 0 radical (unpaired) electrons. The Morgan fingerprint density at radius 3 is 2.50 bits per heavy atom. The highest BCUT2D eigenvalue weighted by molar-refractivity contribution is 7.99. The van der Waals surface area contributed by atoms with Gasteiger partial charge in [-0.25, -0.2) is 0 Å². The van der Waals surface area contributed by atoms with Gasteiger partial charge in [0.05, 0.1) is 0 Å². The van der Waals surface area contributed by atoms with Crippen molar-refractivity contribution in [1.29, 1.82) is 0 Å². The zero-order valence-electron chi connectivity index (χ0n) is 9.53. The molecule has 2 rings (SSSR count). The fourth-order valence-electron chi connectivity index (χ4n) is 1.62. The lowest BCUT2D eigenvalue weighted by Gasteiger charge is -2.06. The van der Waals surface area contributed by atoms with E-state index in [4.69, 9.17) is 5.73 Å². The van der Waals surface area contributed by atoms with Crippen molar-refractivity contribution in [3.05, 3.63) is 53.6 Å². The van der Waals surface area contributed by atoms with E-state index in [-0.39, 0.29) is 0 Å². The molecule has 2 aromatic rings. The Bertz CT molecular complexity index is 506. The van der Waals surface area contributed by atoms with Crippen LogP contribution in [0, 0.1) is 13.8 Å². The predicted octanol–water partition coefficient (Wildman–Crippen LogP) is 4.04. The van der Waals surface area contributed by atoms with Crippen molar-refractivity contribution in [3.63, 3.8) is 0 Å². The predicted molar refractivity (Wildman–Crippen MR) is 70.9 cm³/mol. The van der Waals surface area contributed by atoms with Gasteiger partial charge in [0, 0.05) is 15.5 Å². The van der Waals surface area contributed by atoms with Gasteiger partial charge in [-0.2, -0.15) is 0 Å². The van der Waals surface area contributed by atoms with Crippen LogP contribution >= 0.6 is 11.8 Å². The monoisotopic (exact) mass is 229 g/mol. The molecule has 1 nitrogen and oxygen atoms in total. The highest BCUT2D eigenvalue weighted by Crippen LogP contribution is 2.31. The van der Waals surface area contributed by atoms with Gasteiger partial charge in [-0.15, -0.1) is 0 Å². The second-order valence-electron chi connectivity index (χ2n) is 3.94. The lowest BCUT2D eigenvalue weighted by Crippen LogP contribution is -1.85. The van der Waals surface area contributed by atoms with E-state index in [1.165, 1.54) is 20.9 Å². The van der Waals surface area contributed by atoms with Crippen molar-refractivity contribution in [2.45, 2.75) is 23.6 Å². The van der Waals surface area contributed by atoms with Crippen LogP contribution in [0.25, 0.3) is 0 Å². The molecular formula is C14H15NS. The lowest BCUT2D eigenvalue weighted by atomic mass is 10.2. The van der Waals surface area contributed by atoms with E-state index in [1.54, 1.807) is 11.8 Å². The van der Waals surface area contributed by atoms with E-state index < -0.39 is 0 Å². The van der Waals surface area contributed by atoms with E-state index in [0.717, 1.165) is 5.69 Å². The average molecular weight is 229 g/mol. The molecule has 0 aliphatic rings. The van der Waals surface area contributed by atoms with Crippen molar-refractivity contribution in [2.24, 2.45) is 0 Å². The van der Waals surface area contributed by atoms with Gasteiger partial charge in [0.15, 0.2) is 0 Å². The molecule has 0 fully saturated rings. The van der Waals surface area contributed by atoms with Gasteiger partial charge >= 0.3 is 0 Å². The standard InChI is InChI=1S/C14H15NS/c1-10-6-7-14(11(2)8-10)16-13-5-3-4-12(15)9-13/h3-9H,15H2,1-2H3. The number of benzene rings is 2. The van der Waals surface area contributed by atoms with Crippen molar-refractivity contribution in [2.75, 3.05) is 5.73 Å². The van der Waals surface area contributed by atoms with Crippen LogP contribution in [0.15, 0.2) is 52.3 Å². The maximum atomic E-state index is 5.76. The number of nitrogen functional groups attached to an aromatic ring is 1. The van der Waals surface area contributed by atoms with E-state index in [0.29, 0.717) is 0 Å². The molecule has 16 heavy (non-hydrogen) atoms. The highest BCUT2D eigenvalue weighted by atomic mass is 32.2. The maximum absolute atomic E-state index is 5.76. The number of rotatable bonds is 2. The van der Waals surface area contributed by atoms with Gasteiger partial charge in [0.2, 0.25) is 0 Å². The molecule has 2 N–H and O–H groups in total. The summed E-state index contributed by atoms with van der Waals surface area (Å²) in [6.45, 7) is 4.25. The second-order valence-corrected chi connectivity index (χ2v) is 5.06. The molecule has 0 aromatic heterocycles.